The van der Waals surface area contributed by atoms with E-state index in [-0.39, 0.29) is 11.9 Å². The minimum absolute atomic E-state index is 0.195. The molecule has 0 aliphatic carbocycles. The normalized spacial score (nSPS) is 13.0. The standard InChI is InChI=1S/C7H10O3/c1-6(5-8)3-4-10-7(2)9/h3-6H,1-2H3/b4-3+. The third-order valence-electron chi connectivity index (χ3n) is 0.831. The Kier molecular flexibility index (Phi) is 4.20. The molecule has 0 aromatic heterocycles. The summed E-state index contributed by atoms with van der Waals surface area (Å²) in [4.78, 5) is 20.1. The number of carbonyl (C=O) groups excluding carboxylic acids is 2. The van der Waals surface area contributed by atoms with Crippen molar-refractivity contribution in [2.75, 3.05) is 0 Å². The minimum atomic E-state index is -0.380. The highest BCUT2D eigenvalue weighted by atomic mass is 16.5. The van der Waals surface area contributed by atoms with Gasteiger partial charge >= 0.3 is 5.97 Å². The predicted molar refractivity (Wildman–Crippen MR) is 36.1 cm³/mol. The molecular weight excluding hydrogens is 132 g/mol. The molecule has 3 nitrogen and oxygen atoms in total. The molecule has 0 saturated carbocycles. The Hall–Kier alpha value is -1.12. The van der Waals surface area contributed by atoms with Gasteiger partial charge in [0.25, 0.3) is 0 Å². The molecule has 0 spiro atoms. The Labute approximate surface area is 59.7 Å². The molecule has 1 unspecified atom stereocenters. The fraction of sp³-hybridized carbons (Fsp3) is 0.429. The van der Waals surface area contributed by atoms with E-state index < -0.39 is 0 Å². The van der Waals surface area contributed by atoms with E-state index in [0.717, 1.165) is 6.29 Å². The van der Waals surface area contributed by atoms with Crippen molar-refractivity contribution in [2.24, 2.45) is 5.92 Å². The molecule has 0 fully saturated rings. The summed E-state index contributed by atoms with van der Waals surface area (Å²) in [6.07, 6.45) is 3.50. The number of aldehydes is 1. The number of hydrogen-bond donors (Lipinski definition) is 0. The maximum absolute atomic E-state index is 10.2. The number of allylic oxidation sites excluding steroid dienone is 1. The molecule has 0 aromatic carbocycles. The van der Waals surface area contributed by atoms with Gasteiger partial charge in [-0.25, -0.2) is 0 Å². The second-order valence-corrected chi connectivity index (χ2v) is 1.93. The minimum Gasteiger partial charge on any atom is -0.435 e. The van der Waals surface area contributed by atoms with E-state index in [0.29, 0.717) is 0 Å². The van der Waals surface area contributed by atoms with Gasteiger partial charge < -0.3 is 9.53 Å². The summed E-state index contributed by atoms with van der Waals surface area (Å²) in [5.41, 5.74) is 0. The topological polar surface area (TPSA) is 43.4 Å². The lowest BCUT2D eigenvalue weighted by Gasteiger charge is -1.92. The molecule has 0 amide bonds. The van der Waals surface area contributed by atoms with Crippen LogP contribution in [0.2, 0.25) is 0 Å². The average Bonchev–Trinajstić information content (AvgIpc) is 1.87. The Morgan fingerprint density at radius 3 is 2.60 bits per heavy atom. The first-order valence-electron chi connectivity index (χ1n) is 2.96. The molecular formula is C7H10O3. The van der Waals surface area contributed by atoms with Crippen molar-refractivity contribution in [3.05, 3.63) is 12.3 Å². The predicted octanol–water partition coefficient (Wildman–Crippen LogP) is 0.898. The van der Waals surface area contributed by atoms with Crippen LogP contribution in [-0.4, -0.2) is 12.3 Å². The molecule has 10 heavy (non-hydrogen) atoms. The van der Waals surface area contributed by atoms with Gasteiger partial charge in [-0.2, -0.15) is 0 Å². The van der Waals surface area contributed by atoms with E-state index >= 15 is 0 Å². The van der Waals surface area contributed by atoms with Gasteiger partial charge in [0.15, 0.2) is 0 Å². The molecule has 0 bridgehead atoms. The number of carbonyl (C=O) groups is 2. The van der Waals surface area contributed by atoms with Crippen LogP contribution >= 0.6 is 0 Å². The van der Waals surface area contributed by atoms with Crippen LogP contribution in [0.3, 0.4) is 0 Å². The van der Waals surface area contributed by atoms with Crippen LogP contribution in [0.1, 0.15) is 13.8 Å². The van der Waals surface area contributed by atoms with Crippen LogP contribution in [0, 0.1) is 5.92 Å². The van der Waals surface area contributed by atoms with Gasteiger partial charge in [0, 0.05) is 12.8 Å². The lowest BCUT2D eigenvalue weighted by molar-refractivity contribution is -0.135. The summed E-state index contributed by atoms with van der Waals surface area (Å²) in [5.74, 6) is -0.575. The van der Waals surface area contributed by atoms with Gasteiger partial charge in [0.2, 0.25) is 0 Å². The summed E-state index contributed by atoms with van der Waals surface area (Å²) in [7, 11) is 0. The third-order valence-corrected chi connectivity index (χ3v) is 0.831. The highest BCUT2D eigenvalue weighted by Gasteiger charge is 1.91. The van der Waals surface area contributed by atoms with Crippen molar-refractivity contribution in [3.63, 3.8) is 0 Å². The zero-order valence-corrected chi connectivity index (χ0v) is 6.03. The van der Waals surface area contributed by atoms with Gasteiger partial charge in [-0.1, -0.05) is 6.92 Å². The maximum Gasteiger partial charge on any atom is 0.307 e. The average molecular weight is 142 g/mol. The first-order chi connectivity index (χ1) is 4.66. The molecule has 0 radical (unpaired) electrons. The van der Waals surface area contributed by atoms with Crippen LogP contribution < -0.4 is 0 Å². The van der Waals surface area contributed by atoms with E-state index in [1.807, 2.05) is 0 Å². The van der Waals surface area contributed by atoms with E-state index in [1.54, 1.807) is 6.92 Å². The Morgan fingerprint density at radius 2 is 2.20 bits per heavy atom. The van der Waals surface area contributed by atoms with E-state index in [4.69, 9.17) is 0 Å². The van der Waals surface area contributed by atoms with E-state index in [2.05, 4.69) is 4.74 Å². The molecule has 0 saturated heterocycles. The van der Waals surface area contributed by atoms with Crippen molar-refractivity contribution >= 4 is 12.3 Å². The number of ether oxygens (including phenoxy) is 1. The number of esters is 1. The molecule has 3 heteroatoms. The van der Waals surface area contributed by atoms with Crippen LogP contribution in [0.4, 0.5) is 0 Å². The fourth-order valence-corrected chi connectivity index (χ4v) is 0.304. The van der Waals surface area contributed by atoms with Crippen molar-refractivity contribution in [2.45, 2.75) is 13.8 Å². The Bertz CT molecular complexity index is 149. The van der Waals surface area contributed by atoms with Gasteiger partial charge in [-0.05, 0) is 6.08 Å². The van der Waals surface area contributed by atoms with Gasteiger partial charge in [-0.3, -0.25) is 4.79 Å². The second-order valence-electron chi connectivity index (χ2n) is 1.93. The zero-order chi connectivity index (χ0) is 7.98. The highest BCUT2D eigenvalue weighted by molar-refractivity contribution is 5.66. The molecule has 0 aromatic rings. The zero-order valence-electron chi connectivity index (χ0n) is 6.03. The van der Waals surface area contributed by atoms with E-state index in [1.165, 1.54) is 19.3 Å². The van der Waals surface area contributed by atoms with Crippen LogP contribution in [-0.2, 0) is 14.3 Å². The summed E-state index contributed by atoms with van der Waals surface area (Å²) in [6, 6.07) is 0. The van der Waals surface area contributed by atoms with E-state index in [9.17, 15) is 9.59 Å². The van der Waals surface area contributed by atoms with Crippen LogP contribution in [0.25, 0.3) is 0 Å². The van der Waals surface area contributed by atoms with Crippen molar-refractivity contribution in [1.82, 2.24) is 0 Å². The third kappa shape index (κ3) is 5.03. The van der Waals surface area contributed by atoms with Crippen LogP contribution in [0.5, 0.6) is 0 Å². The summed E-state index contributed by atoms with van der Waals surface area (Å²) >= 11 is 0. The summed E-state index contributed by atoms with van der Waals surface area (Å²) in [5, 5.41) is 0. The smallest absolute Gasteiger partial charge is 0.307 e. The quantitative estimate of drug-likeness (QED) is 0.334. The van der Waals surface area contributed by atoms with Gasteiger partial charge in [0.05, 0.1) is 6.26 Å². The molecule has 0 aliphatic heterocycles. The summed E-state index contributed by atoms with van der Waals surface area (Å²) in [6.45, 7) is 3.00. The van der Waals surface area contributed by atoms with Crippen molar-refractivity contribution in [1.29, 1.82) is 0 Å². The molecule has 0 heterocycles. The Balaban J connectivity index is 3.55. The monoisotopic (exact) mass is 142 g/mol. The first-order valence-corrected chi connectivity index (χ1v) is 2.96. The molecule has 0 aliphatic rings. The SMILES string of the molecule is CC(=O)O/C=C/C(C)C=O. The Morgan fingerprint density at radius 1 is 1.60 bits per heavy atom. The molecule has 56 valence electrons. The van der Waals surface area contributed by atoms with Crippen molar-refractivity contribution in [3.8, 4) is 0 Å². The number of rotatable bonds is 3. The van der Waals surface area contributed by atoms with Gasteiger partial charge in [-0.15, -0.1) is 0 Å². The first kappa shape index (κ1) is 8.88. The highest BCUT2D eigenvalue weighted by Crippen LogP contribution is 1.91. The molecule has 1 atom stereocenters. The summed E-state index contributed by atoms with van der Waals surface area (Å²) < 4.78 is 4.44. The van der Waals surface area contributed by atoms with Crippen LogP contribution in [0.15, 0.2) is 12.3 Å². The lowest BCUT2D eigenvalue weighted by Crippen LogP contribution is -1.93. The fourth-order valence-electron chi connectivity index (χ4n) is 0.304. The second kappa shape index (κ2) is 4.73. The van der Waals surface area contributed by atoms with Gasteiger partial charge in [0.1, 0.15) is 6.29 Å². The van der Waals surface area contributed by atoms with Crippen molar-refractivity contribution < 1.29 is 14.3 Å². The molecule has 0 N–H and O–H groups in total. The molecule has 0 rings (SSSR count). The maximum atomic E-state index is 10.2. The lowest BCUT2D eigenvalue weighted by atomic mass is 10.2. The largest absolute Gasteiger partial charge is 0.435 e. The number of hydrogen-bond acceptors (Lipinski definition) is 3.